The summed E-state index contributed by atoms with van der Waals surface area (Å²) in [5.41, 5.74) is -0.111. The van der Waals surface area contributed by atoms with Crippen LogP contribution in [-0.2, 0) is 4.74 Å². The van der Waals surface area contributed by atoms with E-state index in [1.807, 2.05) is 0 Å². The molecule has 0 saturated heterocycles. The molecular weight excluding hydrogens is 234 g/mol. The van der Waals surface area contributed by atoms with Gasteiger partial charge in [0.1, 0.15) is 11.9 Å². The molecule has 5 heteroatoms. The Kier molecular flexibility index (Phi) is 4.53. The molecule has 1 aromatic heterocycles. The van der Waals surface area contributed by atoms with Crippen molar-refractivity contribution >= 4 is 11.9 Å². The Hall–Kier alpha value is -1.78. The van der Waals surface area contributed by atoms with Crippen molar-refractivity contribution < 1.29 is 18.7 Å². The average molecular weight is 253 g/mol. The lowest BCUT2D eigenvalue weighted by molar-refractivity contribution is 0.0257. The zero-order valence-electron chi connectivity index (χ0n) is 11.2. The summed E-state index contributed by atoms with van der Waals surface area (Å²) in [5, 5.41) is 0. The second kappa shape index (κ2) is 5.71. The van der Waals surface area contributed by atoms with E-state index >= 15 is 0 Å². The van der Waals surface area contributed by atoms with E-state index < -0.39 is 11.7 Å². The van der Waals surface area contributed by atoms with Crippen LogP contribution in [0.3, 0.4) is 0 Å². The SMILES string of the molecule is CCN(CC(=O)c1ccoc1)C(=O)OC(C)(C)C. The fourth-order valence-corrected chi connectivity index (χ4v) is 1.32. The highest BCUT2D eigenvalue weighted by atomic mass is 16.6. The van der Waals surface area contributed by atoms with Crippen LogP contribution < -0.4 is 0 Å². The molecule has 0 aromatic carbocycles. The highest BCUT2D eigenvalue weighted by Gasteiger charge is 2.23. The lowest BCUT2D eigenvalue weighted by Crippen LogP contribution is -2.39. The number of carbonyl (C=O) groups excluding carboxylic acids is 2. The number of carbonyl (C=O) groups is 2. The summed E-state index contributed by atoms with van der Waals surface area (Å²) < 4.78 is 10.1. The first-order valence-corrected chi connectivity index (χ1v) is 5.87. The monoisotopic (exact) mass is 253 g/mol. The fraction of sp³-hybridized carbons (Fsp3) is 0.538. The van der Waals surface area contributed by atoms with Gasteiger partial charge in [0.15, 0.2) is 5.78 Å². The van der Waals surface area contributed by atoms with Gasteiger partial charge < -0.3 is 14.1 Å². The number of ether oxygens (including phenoxy) is 1. The number of amides is 1. The van der Waals surface area contributed by atoms with Crippen molar-refractivity contribution in [3.8, 4) is 0 Å². The van der Waals surface area contributed by atoms with Crippen LogP contribution >= 0.6 is 0 Å². The highest BCUT2D eigenvalue weighted by molar-refractivity contribution is 5.98. The number of ketones is 1. The molecule has 0 bridgehead atoms. The average Bonchev–Trinajstić information content (AvgIpc) is 2.76. The van der Waals surface area contributed by atoms with Gasteiger partial charge in [0, 0.05) is 6.54 Å². The molecule has 1 heterocycles. The molecule has 0 fully saturated rings. The van der Waals surface area contributed by atoms with E-state index in [4.69, 9.17) is 9.15 Å². The third-order valence-electron chi connectivity index (χ3n) is 2.21. The Balaban J connectivity index is 2.62. The van der Waals surface area contributed by atoms with Crippen LogP contribution in [0.4, 0.5) is 4.79 Å². The van der Waals surface area contributed by atoms with E-state index in [1.165, 1.54) is 17.4 Å². The Bertz CT molecular complexity index is 403. The molecule has 0 radical (unpaired) electrons. The van der Waals surface area contributed by atoms with Gasteiger partial charge in [0.25, 0.3) is 0 Å². The molecule has 5 nitrogen and oxygen atoms in total. The third kappa shape index (κ3) is 4.24. The maximum atomic E-state index is 11.8. The van der Waals surface area contributed by atoms with Gasteiger partial charge in [-0.05, 0) is 33.8 Å². The number of rotatable bonds is 4. The molecule has 0 unspecified atom stereocenters. The van der Waals surface area contributed by atoms with Gasteiger partial charge in [-0.3, -0.25) is 4.79 Å². The van der Waals surface area contributed by atoms with Crippen molar-refractivity contribution in [2.75, 3.05) is 13.1 Å². The molecule has 0 aliphatic carbocycles. The minimum Gasteiger partial charge on any atom is -0.472 e. The van der Waals surface area contributed by atoms with E-state index in [0.717, 1.165) is 0 Å². The Morgan fingerprint density at radius 1 is 1.39 bits per heavy atom. The molecule has 0 N–H and O–H groups in total. The third-order valence-corrected chi connectivity index (χ3v) is 2.21. The molecule has 1 rings (SSSR count). The molecule has 0 saturated carbocycles. The van der Waals surface area contributed by atoms with Crippen LogP contribution in [0.2, 0.25) is 0 Å². The van der Waals surface area contributed by atoms with E-state index in [0.29, 0.717) is 12.1 Å². The standard InChI is InChI=1S/C13H19NO4/c1-5-14(12(16)18-13(2,3)4)8-11(15)10-6-7-17-9-10/h6-7,9H,5,8H2,1-4H3. The van der Waals surface area contributed by atoms with Crippen molar-refractivity contribution in [2.24, 2.45) is 0 Å². The lowest BCUT2D eigenvalue weighted by Gasteiger charge is -2.25. The van der Waals surface area contributed by atoms with Crippen molar-refractivity contribution in [2.45, 2.75) is 33.3 Å². The number of hydrogen-bond acceptors (Lipinski definition) is 4. The van der Waals surface area contributed by atoms with Gasteiger partial charge in [0.2, 0.25) is 0 Å². The Morgan fingerprint density at radius 3 is 2.50 bits per heavy atom. The largest absolute Gasteiger partial charge is 0.472 e. The van der Waals surface area contributed by atoms with Crippen LogP contribution in [0.1, 0.15) is 38.1 Å². The lowest BCUT2D eigenvalue weighted by atomic mass is 10.2. The highest BCUT2D eigenvalue weighted by Crippen LogP contribution is 2.11. The van der Waals surface area contributed by atoms with Crippen LogP contribution in [0.5, 0.6) is 0 Å². The van der Waals surface area contributed by atoms with E-state index in [-0.39, 0.29) is 12.3 Å². The summed E-state index contributed by atoms with van der Waals surface area (Å²) in [6.07, 6.45) is 2.31. The molecular formula is C13H19NO4. The van der Waals surface area contributed by atoms with Crippen molar-refractivity contribution in [3.05, 3.63) is 24.2 Å². The van der Waals surface area contributed by atoms with Gasteiger partial charge >= 0.3 is 6.09 Å². The second-order valence-electron chi connectivity index (χ2n) is 4.93. The van der Waals surface area contributed by atoms with Gasteiger partial charge in [-0.1, -0.05) is 0 Å². The number of hydrogen-bond donors (Lipinski definition) is 0. The second-order valence-corrected chi connectivity index (χ2v) is 4.93. The Labute approximate surface area is 107 Å². The number of nitrogens with zero attached hydrogens (tertiary/aromatic N) is 1. The Morgan fingerprint density at radius 2 is 2.06 bits per heavy atom. The van der Waals surface area contributed by atoms with Gasteiger partial charge in [-0.15, -0.1) is 0 Å². The maximum Gasteiger partial charge on any atom is 0.410 e. The zero-order chi connectivity index (χ0) is 13.8. The van der Waals surface area contributed by atoms with Crippen molar-refractivity contribution in [1.29, 1.82) is 0 Å². The molecule has 0 aliphatic heterocycles. The van der Waals surface area contributed by atoms with Gasteiger partial charge in [-0.2, -0.15) is 0 Å². The van der Waals surface area contributed by atoms with E-state index in [1.54, 1.807) is 33.8 Å². The first-order chi connectivity index (χ1) is 8.33. The zero-order valence-corrected chi connectivity index (χ0v) is 11.2. The van der Waals surface area contributed by atoms with Crippen LogP contribution in [-0.4, -0.2) is 35.5 Å². The topological polar surface area (TPSA) is 59.8 Å². The van der Waals surface area contributed by atoms with Gasteiger partial charge in [-0.25, -0.2) is 4.79 Å². The summed E-state index contributed by atoms with van der Waals surface area (Å²) in [4.78, 5) is 25.0. The number of furan rings is 1. The smallest absolute Gasteiger partial charge is 0.410 e. The molecule has 0 aliphatic rings. The molecule has 1 amide bonds. The van der Waals surface area contributed by atoms with Crippen LogP contribution in [0.25, 0.3) is 0 Å². The first kappa shape index (κ1) is 14.3. The normalized spacial score (nSPS) is 11.1. The van der Waals surface area contributed by atoms with Crippen molar-refractivity contribution in [3.63, 3.8) is 0 Å². The molecule has 0 spiro atoms. The predicted molar refractivity (Wildman–Crippen MR) is 66.5 cm³/mol. The molecule has 1 aromatic rings. The number of likely N-dealkylation sites (N-methyl/N-ethyl adjacent to an activating group) is 1. The summed E-state index contributed by atoms with van der Waals surface area (Å²) >= 11 is 0. The summed E-state index contributed by atoms with van der Waals surface area (Å²) in [6, 6.07) is 1.57. The minimum atomic E-state index is -0.566. The van der Waals surface area contributed by atoms with E-state index in [9.17, 15) is 9.59 Å². The summed E-state index contributed by atoms with van der Waals surface area (Å²) in [7, 11) is 0. The van der Waals surface area contributed by atoms with E-state index in [2.05, 4.69) is 0 Å². The van der Waals surface area contributed by atoms with Crippen LogP contribution in [0, 0.1) is 0 Å². The molecule has 0 atom stereocenters. The fourth-order valence-electron chi connectivity index (χ4n) is 1.32. The first-order valence-electron chi connectivity index (χ1n) is 5.87. The number of Topliss-reactive ketones (excluding diaryl/α,β-unsaturated/α-hetero) is 1. The predicted octanol–water partition coefficient (Wildman–Crippen LogP) is 2.72. The maximum absolute atomic E-state index is 11.8. The molecule has 100 valence electrons. The minimum absolute atomic E-state index is 0.00898. The molecule has 18 heavy (non-hydrogen) atoms. The summed E-state index contributed by atoms with van der Waals surface area (Å²) in [6.45, 7) is 7.57. The van der Waals surface area contributed by atoms with Gasteiger partial charge in [0.05, 0.1) is 18.4 Å². The summed E-state index contributed by atoms with van der Waals surface area (Å²) in [5.74, 6) is -0.170. The van der Waals surface area contributed by atoms with Crippen molar-refractivity contribution in [1.82, 2.24) is 4.90 Å². The van der Waals surface area contributed by atoms with Crippen LogP contribution in [0.15, 0.2) is 23.0 Å². The quantitative estimate of drug-likeness (QED) is 0.774.